The van der Waals surface area contributed by atoms with E-state index in [4.69, 9.17) is 0 Å². The summed E-state index contributed by atoms with van der Waals surface area (Å²) in [5.74, 6) is 0. The van der Waals surface area contributed by atoms with E-state index < -0.39 is 0 Å². The lowest BCUT2D eigenvalue weighted by atomic mass is 10.0. The maximum atomic E-state index is 10.4. The molecule has 1 heterocycles. The lowest BCUT2D eigenvalue weighted by Gasteiger charge is -2.39. The Bertz CT molecular complexity index is 616. The van der Waals surface area contributed by atoms with Crippen LogP contribution < -0.4 is 4.90 Å². The first-order valence-electron chi connectivity index (χ1n) is 9.44. The average Bonchev–Trinajstić information content (AvgIpc) is 2.68. The number of aryl methyl sites for hydroxylation is 1. The molecule has 0 amide bonds. The Labute approximate surface area is 151 Å². The van der Waals surface area contributed by atoms with Gasteiger partial charge in [0.05, 0.1) is 6.10 Å². The zero-order chi connectivity index (χ0) is 17.5. The number of rotatable bonds is 7. The molecule has 1 aliphatic heterocycles. The number of para-hydroxylation sites is 1. The van der Waals surface area contributed by atoms with E-state index in [2.05, 4.69) is 71.4 Å². The summed E-state index contributed by atoms with van der Waals surface area (Å²) in [5, 5.41) is 10.4. The molecule has 2 aromatic rings. The second-order valence-corrected chi connectivity index (χ2v) is 7.20. The van der Waals surface area contributed by atoms with Crippen molar-refractivity contribution in [1.29, 1.82) is 0 Å². The van der Waals surface area contributed by atoms with Gasteiger partial charge in [0.25, 0.3) is 0 Å². The smallest absolute Gasteiger partial charge is 0.0670 e. The number of likely N-dealkylation sites (N-methyl/N-ethyl adjacent to an activating group) is 1. The Hall–Kier alpha value is -1.84. The van der Waals surface area contributed by atoms with E-state index in [1.165, 1.54) is 24.1 Å². The van der Waals surface area contributed by atoms with Crippen molar-refractivity contribution in [2.24, 2.45) is 0 Å². The van der Waals surface area contributed by atoms with Gasteiger partial charge in [0.2, 0.25) is 0 Å². The normalized spacial score (nSPS) is 19.2. The van der Waals surface area contributed by atoms with Gasteiger partial charge in [-0.05, 0) is 50.4 Å². The number of nitrogens with zero attached hydrogens (tertiary/aromatic N) is 2. The predicted molar refractivity (Wildman–Crippen MR) is 105 cm³/mol. The molecule has 2 atom stereocenters. The highest BCUT2D eigenvalue weighted by molar-refractivity contribution is 5.46. The molecule has 1 fully saturated rings. The molecule has 1 N–H and O–H groups in total. The molecule has 25 heavy (non-hydrogen) atoms. The number of aliphatic hydroxyl groups is 1. The lowest BCUT2D eigenvalue weighted by molar-refractivity contribution is 0.0926. The Balaban J connectivity index is 1.47. The fraction of sp³-hybridized carbons (Fsp3) is 0.455. The van der Waals surface area contributed by atoms with Crippen molar-refractivity contribution in [3.63, 3.8) is 0 Å². The number of hydrogen-bond acceptors (Lipinski definition) is 3. The molecule has 3 rings (SSSR count). The molecule has 0 aromatic heterocycles. The average molecular weight is 338 g/mol. The second-order valence-electron chi connectivity index (χ2n) is 7.20. The molecule has 2 aromatic carbocycles. The van der Waals surface area contributed by atoms with Gasteiger partial charge in [-0.15, -0.1) is 0 Å². The van der Waals surface area contributed by atoms with Crippen LogP contribution in [0.3, 0.4) is 0 Å². The van der Waals surface area contributed by atoms with Gasteiger partial charge in [0.1, 0.15) is 0 Å². The quantitative estimate of drug-likeness (QED) is 0.836. The first kappa shape index (κ1) is 18.0. The van der Waals surface area contributed by atoms with Gasteiger partial charge in [-0.25, -0.2) is 0 Å². The first-order valence-corrected chi connectivity index (χ1v) is 9.44. The van der Waals surface area contributed by atoms with Gasteiger partial charge in [0.15, 0.2) is 0 Å². The first-order chi connectivity index (χ1) is 12.2. The highest BCUT2D eigenvalue weighted by atomic mass is 16.3. The van der Waals surface area contributed by atoms with Crippen LogP contribution in [0.25, 0.3) is 0 Å². The van der Waals surface area contributed by atoms with Crippen LogP contribution in [0.15, 0.2) is 60.7 Å². The minimum absolute atomic E-state index is 0.266. The molecule has 0 aliphatic carbocycles. The molecule has 3 nitrogen and oxygen atoms in total. The molecule has 0 radical (unpaired) electrons. The van der Waals surface area contributed by atoms with Gasteiger partial charge < -0.3 is 10.0 Å². The fourth-order valence-electron chi connectivity index (χ4n) is 3.74. The monoisotopic (exact) mass is 338 g/mol. The molecule has 0 saturated carbocycles. The zero-order valence-electron chi connectivity index (χ0n) is 15.2. The zero-order valence-corrected chi connectivity index (χ0v) is 15.2. The van der Waals surface area contributed by atoms with E-state index in [0.29, 0.717) is 6.04 Å². The summed E-state index contributed by atoms with van der Waals surface area (Å²) >= 11 is 0. The summed E-state index contributed by atoms with van der Waals surface area (Å²) < 4.78 is 0. The second kappa shape index (κ2) is 9.02. The maximum Gasteiger partial charge on any atom is 0.0670 e. The van der Waals surface area contributed by atoms with Crippen molar-refractivity contribution in [3.8, 4) is 0 Å². The Kier molecular flexibility index (Phi) is 6.48. The molecular weight excluding hydrogens is 308 g/mol. The summed E-state index contributed by atoms with van der Waals surface area (Å²) in [5.41, 5.74) is 2.61. The van der Waals surface area contributed by atoms with Crippen molar-refractivity contribution in [2.75, 3.05) is 31.6 Å². The van der Waals surface area contributed by atoms with Crippen LogP contribution in [0.5, 0.6) is 0 Å². The van der Waals surface area contributed by atoms with Crippen LogP contribution in [-0.2, 0) is 6.42 Å². The van der Waals surface area contributed by atoms with Crippen LogP contribution in [-0.4, -0.2) is 48.8 Å². The van der Waals surface area contributed by atoms with Crippen LogP contribution in [0.2, 0.25) is 0 Å². The summed E-state index contributed by atoms with van der Waals surface area (Å²) in [4.78, 5) is 4.83. The third kappa shape index (κ3) is 5.32. The SMILES string of the molecule is CN(C[C@@H](O)CCc1ccccc1)[C@H]1CCCN(c2ccccc2)C1. The summed E-state index contributed by atoms with van der Waals surface area (Å²) in [6.45, 7) is 2.93. The largest absolute Gasteiger partial charge is 0.392 e. The maximum absolute atomic E-state index is 10.4. The Morgan fingerprint density at radius 2 is 1.76 bits per heavy atom. The van der Waals surface area contributed by atoms with Crippen molar-refractivity contribution < 1.29 is 5.11 Å². The molecule has 134 valence electrons. The Morgan fingerprint density at radius 3 is 2.48 bits per heavy atom. The van der Waals surface area contributed by atoms with Crippen LogP contribution in [0.1, 0.15) is 24.8 Å². The number of anilines is 1. The molecule has 1 saturated heterocycles. The van der Waals surface area contributed by atoms with E-state index in [0.717, 1.165) is 32.5 Å². The van der Waals surface area contributed by atoms with Crippen molar-refractivity contribution in [1.82, 2.24) is 4.90 Å². The van der Waals surface area contributed by atoms with Crippen LogP contribution in [0, 0.1) is 0 Å². The summed E-state index contributed by atoms with van der Waals surface area (Å²) in [7, 11) is 2.16. The number of aliphatic hydroxyl groups excluding tert-OH is 1. The van der Waals surface area contributed by atoms with E-state index in [-0.39, 0.29) is 6.10 Å². The van der Waals surface area contributed by atoms with Gasteiger partial charge in [0, 0.05) is 31.4 Å². The van der Waals surface area contributed by atoms with Crippen molar-refractivity contribution in [3.05, 3.63) is 66.2 Å². The van der Waals surface area contributed by atoms with Crippen molar-refractivity contribution >= 4 is 5.69 Å². The molecule has 3 heteroatoms. The number of hydrogen-bond donors (Lipinski definition) is 1. The standard InChI is InChI=1S/C22H30N2O/c1-23(18-22(25)15-14-19-9-4-2-5-10-19)21-13-8-16-24(17-21)20-11-6-3-7-12-20/h2-7,9-12,21-22,25H,8,13-18H2,1H3/t21-,22-/m0/s1. The van der Waals surface area contributed by atoms with Gasteiger partial charge in [-0.2, -0.15) is 0 Å². The minimum atomic E-state index is -0.266. The van der Waals surface area contributed by atoms with Crippen LogP contribution >= 0.6 is 0 Å². The fourth-order valence-corrected chi connectivity index (χ4v) is 3.74. The summed E-state index contributed by atoms with van der Waals surface area (Å²) in [6, 6.07) is 21.6. The topological polar surface area (TPSA) is 26.7 Å². The third-order valence-corrected chi connectivity index (χ3v) is 5.25. The molecular formula is C22H30N2O. The molecule has 1 aliphatic rings. The van der Waals surface area contributed by atoms with Gasteiger partial charge in [-0.3, -0.25) is 4.90 Å². The molecule has 0 unspecified atom stereocenters. The van der Waals surface area contributed by atoms with E-state index in [9.17, 15) is 5.11 Å². The van der Waals surface area contributed by atoms with E-state index in [1.54, 1.807) is 0 Å². The van der Waals surface area contributed by atoms with E-state index >= 15 is 0 Å². The van der Waals surface area contributed by atoms with Crippen molar-refractivity contribution in [2.45, 2.75) is 37.8 Å². The number of benzene rings is 2. The lowest BCUT2D eigenvalue weighted by Crippen LogP contribution is -2.48. The molecule has 0 bridgehead atoms. The minimum Gasteiger partial charge on any atom is -0.392 e. The van der Waals surface area contributed by atoms with Crippen LogP contribution in [0.4, 0.5) is 5.69 Å². The highest BCUT2D eigenvalue weighted by Gasteiger charge is 2.24. The number of piperidine rings is 1. The third-order valence-electron chi connectivity index (χ3n) is 5.25. The van der Waals surface area contributed by atoms with Gasteiger partial charge >= 0.3 is 0 Å². The predicted octanol–water partition coefficient (Wildman–Crippen LogP) is 3.58. The highest BCUT2D eigenvalue weighted by Crippen LogP contribution is 2.22. The summed E-state index contributed by atoms with van der Waals surface area (Å²) in [6.07, 6.45) is 3.92. The molecule has 0 spiro atoms. The van der Waals surface area contributed by atoms with E-state index in [1.807, 2.05) is 6.07 Å². The Morgan fingerprint density at radius 1 is 1.08 bits per heavy atom. The van der Waals surface area contributed by atoms with Gasteiger partial charge in [-0.1, -0.05) is 48.5 Å².